The summed E-state index contributed by atoms with van der Waals surface area (Å²) in [7, 11) is 0. The smallest absolute Gasteiger partial charge is 0.144 e. The van der Waals surface area contributed by atoms with Crippen LogP contribution < -0.4 is 15.8 Å². The van der Waals surface area contributed by atoms with Crippen LogP contribution in [0.2, 0.25) is 0 Å². The maximum atomic E-state index is 5.89. The summed E-state index contributed by atoms with van der Waals surface area (Å²) < 4.78 is 5.53. The number of benzene rings is 1. The van der Waals surface area contributed by atoms with Crippen LogP contribution in [0.25, 0.3) is 0 Å². The van der Waals surface area contributed by atoms with Crippen LogP contribution in [0.4, 0.5) is 11.4 Å². The number of thioether (sulfide) groups is 1. The van der Waals surface area contributed by atoms with Gasteiger partial charge in [-0.3, -0.25) is 0 Å². The molecule has 3 nitrogen and oxygen atoms in total. The van der Waals surface area contributed by atoms with Gasteiger partial charge in [0.05, 0.1) is 12.3 Å². The fourth-order valence-corrected chi connectivity index (χ4v) is 3.33. The first-order chi connectivity index (χ1) is 9.22. The average molecular weight is 280 g/mol. The summed E-state index contributed by atoms with van der Waals surface area (Å²) in [6, 6.07) is 6.56. The zero-order valence-corrected chi connectivity index (χ0v) is 12.6. The van der Waals surface area contributed by atoms with Gasteiger partial charge >= 0.3 is 0 Å². The Hall–Kier alpha value is -1.03. The number of nitrogen functional groups attached to an aromatic ring is 1. The Morgan fingerprint density at radius 1 is 1.32 bits per heavy atom. The van der Waals surface area contributed by atoms with Gasteiger partial charge in [-0.15, -0.1) is 0 Å². The van der Waals surface area contributed by atoms with Crippen molar-refractivity contribution in [1.29, 1.82) is 0 Å². The zero-order valence-electron chi connectivity index (χ0n) is 11.8. The Morgan fingerprint density at radius 2 is 2.05 bits per heavy atom. The Bertz CT molecular complexity index is 403. The minimum atomic E-state index is 0.585. The average Bonchev–Trinajstić information content (AvgIpc) is 2.44. The molecule has 0 radical (unpaired) electrons. The monoisotopic (exact) mass is 280 g/mol. The molecule has 1 saturated carbocycles. The van der Waals surface area contributed by atoms with Gasteiger partial charge in [0, 0.05) is 23.0 Å². The van der Waals surface area contributed by atoms with Crippen LogP contribution in [0.15, 0.2) is 18.2 Å². The second kappa shape index (κ2) is 6.94. The van der Waals surface area contributed by atoms with Crippen molar-refractivity contribution in [2.45, 2.75) is 43.9 Å². The maximum absolute atomic E-state index is 5.89. The molecule has 19 heavy (non-hydrogen) atoms. The molecule has 0 saturated heterocycles. The Morgan fingerprint density at radius 3 is 2.68 bits per heavy atom. The van der Waals surface area contributed by atoms with E-state index in [1.165, 1.54) is 25.7 Å². The van der Waals surface area contributed by atoms with Crippen molar-refractivity contribution >= 4 is 23.1 Å². The van der Waals surface area contributed by atoms with E-state index in [1.54, 1.807) is 0 Å². The van der Waals surface area contributed by atoms with E-state index in [4.69, 9.17) is 10.5 Å². The highest BCUT2D eigenvalue weighted by molar-refractivity contribution is 7.99. The van der Waals surface area contributed by atoms with Crippen molar-refractivity contribution in [2.24, 2.45) is 0 Å². The number of hydrogen-bond donors (Lipinski definition) is 2. The molecule has 0 spiro atoms. The third kappa shape index (κ3) is 3.96. The molecule has 0 aromatic heterocycles. The van der Waals surface area contributed by atoms with Crippen LogP contribution in [0.3, 0.4) is 0 Å². The van der Waals surface area contributed by atoms with E-state index < -0.39 is 0 Å². The van der Waals surface area contributed by atoms with E-state index in [1.807, 2.05) is 36.9 Å². The van der Waals surface area contributed by atoms with Gasteiger partial charge in [-0.05, 0) is 51.0 Å². The van der Waals surface area contributed by atoms with Crippen molar-refractivity contribution in [3.05, 3.63) is 18.2 Å². The number of ether oxygens (including phenoxy) is 1. The molecular weight excluding hydrogens is 256 g/mol. The molecular formula is C15H24N2OS. The number of nitrogens with one attached hydrogen (secondary N) is 1. The van der Waals surface area contributed by atoms with Crippen LogP contribution in [0.5, 0.6) is 5.75 Å². The highest BCUT2D eigenvalue weighted by Gasteiger charge is 2.20. The van der Waals surface area contributed by atoms with Gasteiger partial charge < -0.3 is 15.8 Å². The second-order valence-corrected chi connectivity index (χ2v) is 6.18. The molecule has 1 aromatic rings. The van der Waals surface area contributed by atoms with E-state index in [9.17, 15) is 0 Å². The molecule has 2 rings (SSSR count). The van der Waals surface area contributed by atoms with Crippen molar-refractivity contribution in [1.82, 2.24) is 0 Å². The van der Waals surface area contributed by atoms with Crippen LogP contribution in [0.1, 0.15) is 32.6 Å². The number of nitrogens with two attached hydrogens (primary N) is 1. The molecule has 1 aliphatic carbocycles. The Labute approximate surface area is 120 Å². The van der Waals surface area contributed by atoms with E-state index in [0.29, 0.717) is 18.3 Å². The fraction of sp³-hybridized carbons (Fsp3) is 0.600. The molecule has 1 aromatic carbocycles. The first-order valence-electron chi connectivity index (χ1n) is 7.04. The minimum Gasteiger partial charge on any atom is -0.492 e. The number of rotatable bonds is 5. The van der Waals surface area contributed by atoms with Crippen molar-refractivity contribution in [3.8, 4) is 5.75 Å². The highest BCUT2D eigenvalue weighted by atomic mass is 32.2. The summed E-state index contributed by atoms with van der Waals surface area (Å²) in [5.74, 6) is 0.783. The van der Waals surface area contributed by atoms with E-state index in [2.05, 4.69) is 11.6 Å². The molecule has 0 unspecified atom stereocenters. The predicted octanol–water partition coefficient (Wildman–Crippen LogP) is 3.75. The topological polar surface area (TPSA) is 47.3 Å². The molecule has 106 valence electrons. The number of hydrogen-bond acceptors (Lipinski definition) is 4. The lowest BCUT2D eigenvalue weighted by molar-refractivity contribution is 0.342. The summed E-state index contributed by atoms with van der Waals surface area (Å²) in [6.45, 7) is 2.62. The third-order valence-corrected chi connectivity index (χ3v) is 4.83. The molecule has 0 heterocycles. The van der Waals surface area contributed by atoms with Gasteiger partial charge in [-0.2, -0.15) is 11.8 Å². The molecule has 1 fully saturated rings. The quantitative estimate of drug-likeness (QED) is 0.806. The zero-order chi connectivity index (χ0) is 13.7. The molecule has 0 aliphatic heterocycles. The van der Waals surface area contributed by atoms with Gasteiger partial charge in [0.1, 0.15) is 5.75 Å². The van der Waals surface area contributed by atoms with E-state index in [0.717, 1.165) is 16.7 Å². The van der Waals surface area contributed by atoms with Gasteiger partial charge in [0.15, 0.2) is 0 Å². The number of anilines is 2. The van der Waals surface area contributed by atoms with Crippen LogP contribution in [-0.4, -0.2) is 24.2 Å². The molecule has 0 atom stereocenters. The summed E-state index contributed by atoms with van der Waals surface area (Å²) in [4.78, 5) is 0. The molecule has 4 heteroatoms. The van der Waals surface area contributed by atoms with Crippen LogP contribution in [-0.2, 0) is 0 Å². The standard InChI is InChI=1S/C15H24N2OS/c1-3-18-15-10-12(6-9-14(15)16)17-11-4-7-13(19-2)8-5-11/h6,9-11,13,17H,3-5,7-8,16H2,1-2H3. The normalized spacial score (nSPS) is 23.1. The lowest BCUT2D eigenvalue weighted by Crippen LogP contribution is -2.27. The summed E-state index contributed by atoms with van der Waals surface area (Å²) in [5, 5.41) is 4.46. The van der Waals surface area contributed by atoms with E-state index >= 15 is 0 Å². The summed E-state index contributed by atoms with van der Waals surface area (Å²) in [5.41, 5.74) is 7.71. The van der Waals surface area contributed by atoms with Gasteiger partial charge in [-0.1, -0.05) is 0 Å². The van der Waals surface area contributed by atoms with Gasteiger partial charge in [0.25, 0.3) is 0 Å². The predicted molar refractivity (Wildman–Crippen MR) is 85.2 cm³/mol. The lowest BCUT2D eigenvalue weighted by Gasteiger charge is -2.29. The lowest BCUT2D eigenvalue weighted by atomic mass is 9.95. The van der Waals surface area contributed by atoms with Gasteiger partial charge in [0.2, 0.25) is 0 Å². The Kier molecular flexibility index (Phi) is 5.25. The minimum absolute atomic E-state index is 0.585. The fourth-order valence-electron chi connectivity index (χ4n) is 2.58. The summed E-state index contributed by atoms with van der Waals surface area (Å²) >= 11 is 2.00. The van der Waals surface area contributed by atoms with E-state index in [-0.39, 0.29) is 0 Å². The van der Waals surface area contributed by atoms with Crippen LogP contribution >= 0.6 is 11.8 Å². The maximum Gasteiger partial charge on any atom is 0.144 e. The SMILES string of the molecule is CCOc1cc(NC2CCC(SC)CC2)ccc1N. The first kappa shape index (κ1) is 14.4. The molecule has 0 bridgehead atoms. The first-order valence-corrected chi connectivity index (χ1v) is 8.33. The second-order valence-electron chi connectivity index (χ2n) is 5.04. The van der Waals surface area contributed by atoms with Crippen molar-refractivity contribution in [2.75, 3.05) is 23.9 Å². The molecule has 3 N–H and O–H groups in total. The third-order valence-electron chi connectivity index (χ3n) is 3.69. The molecule has 0 amide bonds. The molecule has 1 aliphatic rings. The largest absolute Gasteiger partial charge is 0.492 e. The highest BCUT2D eigenvalue weighted by Crippen LogP contribution is 2.30. The van der Waals surface area contributed by atoms with Gasteiger partial charge in [-0.25, -0.2) is 0 Å². The van der Waals surface area contributed by atoms with Crippen LogP contribution in [0, 0.1) is 0 Å². The van der Waals surface area contributed by atoms with Crippen molar-refractivity contribution < 1.29 is 4.74 Å². The summed E-state index contributed by atoms with van der Waals surface area (Å²) in [6.07, 6.45) is 7.34. The van der Waals surface area contributed by atoms with Crippen molar-refractivity contribution in [3.63, 3.8) is 0 Å². The Balaban J connectivity index is 1.94.